The number of carboxylic acid groups (broad SMARTS) is 1. The lowest BCUT2D eigenvalue weighted by Gasteiger charge is -2.20. The number of nitrogens with zero attached hydrogens (tertiary/aromatic N) is 2. The molecule has 0 saturated heterocycles. The number of aryl methyl sites for hydroxylation is 1. The molecule has 0 unspecified atom stereocenters. The molecule has 0 radical (unpaired) electrons. The average Bonchev–Trinajstić information content (AvgIpc) is 2.87. The maximum Gasteiger partial charge on any atom is 0.354 e. The fourth-order valence-electron chi connectivity index (χ4n) is 2.00. The summed E-state index contributed by atoms with van der Waals surface area (Å²) in [6.45, 7) is 3.74. The first kappa shape index (κ1) is 15.3. The molecule has 1 aromatic rings. The molecule has 1 atom stereocenters. The van der Waals surface area contributed by atoms with Gasteiger partial charge in [0, 0.05) is 11.4 Å². The first-order valence-corrected chi connectivity index (χ1v) is 6.84. The van der Waals surface area contributed by atoms with Gasteiger partial charge in [-0.25, -0.2) is 9.59 Å². The highest BCUT2D eigenvalue weighted by Crippen LogP contribution is 2.29. The Morgan fingerprint density at radius 2 is 2.24 bits per heavy atom. The number of hydrazone groups is 1. The van der Waals surface area contributed by atoms with Gasteiger partial charge < -0.3 is 9.84 Å². The molecule has 6 nitrogen and oxygen atoms in total. The maximum absolute atomic E-state index is 11.7. The van der Waals surface area contributed by atoms with E-state index in [-0.39, 0.29) is 18.7 Å². The normalized spacial score (nSPS) is 17.6. The van der Waals surface area contributed by atoms with E-state index >= 15 is 0 Å². The van der Waals surface area contributed by atoms with Crippen LogP contribution < -0.4 is 5.01 Å². The van der Waals surface area contributed by atoms with Crippen molar-refractivity contribution in [3.63, 3.8) is 0 Å². The molecule has 1 aromatic carbocycles. The number of carboxylic acids is 1. The second kappa shape index (κ2) is 6.13. The molecule has 1 N–H and O–H groups in total. The zero-order chi connectivity index (χ0) is 15.6. The van der Waals surface area contributed by atoms with Crippen molar-refractivity contribution < 1.29 is 19.4 Å². The van der Waals surface area contributed by atoms with E-state index in [1.54, 1.807) is 25.1 Å². The van der Waals surface area contributed by atoms with Gasteiger partial charge in [0.25, 0.3) is 0 Å². The third-order valence-electron chi connectivity index (χ3n) is 3.13. The van der Waals surface area contributed by atoms with Gasteiger partial charge in [-0.2, -0.15) is 5.10 Å². The quantitative estimate of drug-likeness (QED) is 0.863. The van der Waals surface area contributed by atoms with Gasteiger partial charge in [0.05, 0.1) is 12.3 Å². The molecular weight excluding hydrogens is 296 g/mol. The summed E-state index contributed by atoms with van der Waals surface area (Å²) >= 11 is 6.05. The molecule has 1 aliphatic rings. The Morgan fingerprint density at radius 1 is 1.52 bits per heavy atom. The molecule has 1 aliphatic heterocycles. The summed E-state index contributed by atoms with van der Waals surface area (Å²) < 4.78 is 4.87. The van der Waals surface area contributed by atoms with Crippen LogP contribution in [0, 0.1) is 6.92 Å². The highest BCUT2D eigenvalue weighted by molar-refractivity contribution is 6.38. The van der Waals surface area contributed by atoms with Gasteiger partial charge in [-0.05, 0) is 31.5 Å². The molecule has 0 aromatic heterocycles. The number of hydrogen-bond acceptors (Lipinski definition) is 5. The van der Waals surface area contributed by atoms with E-state index in [9.17, 15) is 14.7 Å². The number of carbonyl (C=O) groups excluding carboxylic acids is 1. The van der Waals surface area contributed by atoms with Crippen molar-refractivity contribution in [2.24, 2.45) is 5.10 Å². The van der Waals surface area contributed by atoms with Crippen LogP contribution in [-0.4, -0.2) is 35.4 Å². The van der Waals surface area contributed by atoms with Crippen LogP contribution >= 0.6 is 11.6 Å². The summed E-state index contributed by atoms with van der Waals surface area (Å²) in [5, 5.41) is 15.2. The Kier molecular flexibility index (Phi) is 4.47. The number of halogens is 1. The van der Waals surface area contributed by atoms with E-state index in [1.807, 2.05) is 6.92 Å². The summed E-state index contributed by atoms with van der Waals surface area (Å²) in [4.78, 5) is 23.1. The van der Waals surface area contributed by atoms with Crippen LogP contribution in [0.1, 0.15) is 18.9 Å². The minimum atomic E-state index is -1.06. The number of esters is 1. The van der Waals surface area contributed by atoms with Crippen molar-refractivity contribution in [3.8, 4) is 0 Å². The van der Waals surface area contributed by atoms with Gasteiger partial charge in [-0.1, -0.05) is 17.7 Å². The Morgan fingerprint density at radius 3 is 2.81 bits per heavy atom. The topological polar surface area (TPSA) is 79.2 Å². The van der Waals surface area contributed by atoms with Gasteiger partial charge in [-0.3, -0.25) is 5.01 Å². The van der Waals surface area contributed by atoms with Gasteiger partial charge in [0.2, 0.25) is 0 Å². The molecular formula is C14H15ClN2O4. The van der Waals surface area contributed by atoms with Crippen molar-refractivity contribution >= 4 is 34.9 Å². The number of ether oxygens (including phenoxy) is 1. The minimum Gasteiger partial charge on any atom is -0.480 e. The Balaban J connectivity index is 2.35. The third kappa shape index (κ3) is 3.16. The molecule has 2 rings (SSSR count). The molecule has 0 amide bonds. The summed E-state index contributed by atoms with van der Waals surface area (Å²) in [6, 6.07) is 4.18. The fourth-order valence-corrected chi connectivity index (χ4v) is 2.18. The standard InChI is InChI=1S/C14H15ClN2O4/c1-3-21-14(20)11-7-12(13(18)19)17(16-11)9-5-4-8(2)10(15)6-9/h4-6,12H,3,7H2,1-2H3,(H,18,19)/t12-/m0/s1. The molecule has 0 fully saturated rings. The van der Waals surface area contributed by atoms with Crippen LogP contribution in [0.2, 0.25) is 5.02 Å². The minimum absolute atomic E-state index is 0.000335. The van der Waals surface area contributed by atoms with Crippen LogP contribution in [0.25, 0.3) is 0 Å². The number of hydrogen-bond donors (Lipinski definition) is 1. The lowest BCUT2D eigenvalue weighted by Crippen LogP contribution is -2.34. The number of benzene rings is 1. The van der Waals surface area contributed by atoms with Gasteiger partial charge in [0.15, 0.2) is 6.04 Å². The molecule has 0 aliphatic carbocycles. The average molecular weight is 311 g/mol. The first-order valence-electron chi connectivity index (χ1n) is 6.46. The van der Waals surface area contributed by atoms with Crippen molar-refractivity contribution in [2.45, 2.75) is 26.3 Å². The molecule has 112 valence electrons. The van der Waals surface area contributed by atoms with Crippen LogP contribution in [0.5, 0.6) is 0 Å². The fraction of sp³-hybridized carbons (Fsp3) is 0.357. The van der Waals surface area contributed by atoms with Crippen LogP contribution in [0.3, 0.4) is 0 Å². The third-order valence-corrected chi connectivity index (χ3v) is 3.53. The van der Waals surface area contributed by atoms with E-state index in [0.717, 1.165) is 5.56 Å². The summed E-state index contributed by atoms with van der Waals surface area (Å²) in [7, 11) is 0. The number of aliphatic carboxylic acids is 1. The lowest BCUT2D eigenvalue weighted by atomic mass is 10.1. The highest BCUT2D eigenvalue weighted by atomic mass is 35.5. The summed E-state index contributed by atoms with van der Waals surface area (Å²) in [5.74, 6) is -1.65. The lowest BCUT2D eigenvalue weighted by molar-refractivity contribution is -0.138. The Bertz CT molecular complexity index is 615. The maximum atomic E-state index is 11.7. The zero-order valence-electron chi connectivity index (χ0n) is 11.7. The van der Waals surface area contributed by atoms with Gasteiger partial charge in [-0.15, -0.1) is 0 Å². The van der Waals surface area contributed by atoms with E-state index in [0.29, 0.717) is 10.7 Å². The monoisotopic (exact) mass is 310 g/mol. The Labute approximate surface area is 127 Å². The molecule has 0 saturated carbocycles. The number of rotatable bonds is 4. The SMILES string of the molecule is CCOC(=O)C1=NN(c2ccc(C)c(Cl)c2)[C@H](C(=O)O)C1. The van der Waals surface area contributed by atoms with Crippen molar-refractivity contribution in [2.75, 3.05) is 11.6 Å². The molecule has 0 spiro atoms. The van der Waals surface area contributed by atoms with Crippen molar-refractivity contribution in [1.82, 2.24) is 0 Å². The van der Waals surface area contributed by atoms with Crippen LogP contribution in [0.4, 0.5) is 5.69 Å². The van der Waals surface area contributed by atoms with Crippen LogP contribution in [-0.2, 0) is 14.3 Å². The zero-order valence-corrected chi connectivity index (χ0v) is 12.4. The molecule has 21 heavy (non-hydrogen) atoms. The largest absolute Gasteiger partial charge is 0.480 e. The predicted molar refractivity (Wildman–Crippen MR) is 78.8 cm³/mol. The molecule has 7 heteroatoms. The van der Waals surface area contributed by atoms with Gasteiger partial charge >= 0.3 is 11.9 Å². The van der Waals surface area contributed by atoms with Crippen molar-refractivity contribution in [1.29, 1.82) is 0 Å². The number of carbonyl (C=O) groups is 2. The molecule has 0 bridgehead atoms. The second-order valence-electron chi connectivity index (χ2n) is 4.60. The van der Waals surface area contributed by atoms with E-state index in [4.69, 9.17) is 16.3 Å². The smallest absolute Gasteiger partial charge is 0.354 e. The number of anilines is 1. The summed E-state index contributed by atoms with van der Waals surface area (Å²) in [6.07, 6.45) is -0.000335. The van der Waals surface area contributed by atoms with E-state index in [2.05, 4.69) is 5.10 Å². The second-order valence-corrected chi connectivity index (χ2v) is 5.01. The first-order chi connectivity index (χ1) is 9.93. The Hall–Kier alpha value is -2.08. The van der Waals surface area contributed by atoms with Crippen molar-refractivity contribution in [3.05, 3.63) is 28.8 Å². The summed E-state index contributed by atoms with van der Waals surface area (Å²) in [5.41, 5.74) is 1.50. The van der Waals surface area contributed by atoms with Crippen LogP contribution in [0.15, 0.2) is 23.3 Å². The molecule has 1 heterocycles. The van der Waals surface area contributed by atoms with Gasteiger partial charge in [0.1, 0.15) is 5.71 Å². The van der Waals surface area contributed by atoms with E-state index in [1.165, 1.54) is 5.01 Å². The van der Waals surface area contributed by atoms with E-state index < -0.39 is 18.0 Å². The predicted octanol–water partition coefficient (Wildman–Crippen LogP) is 2.23. The highest BCUT2D eigenvalue weighted by Gasteiger charge is 2.36.